The van der Waals surface area contributed by atoms with Gasteiger partial charge in [0.25, 0.3) is 0 Å². The molecule has 2 rings (SSSR count). The van der Waals surface area contributed by atoms with Crippen LogP contribution in [-0.2, 0) is 13.2 Å². The summed E-state index contributed by atoms with van der Waals surface area (Å²) in [7, 11) is 0. The van der Waals surface area contributed by atoms with Gasteiger partial charge >= 0.3 is 0 Å². The number of ether oxygens (including phenoxy) is 1. The minimum absolute atomic E-state index is 0.249. The Balaban J connectivity index is 1.94. The molecule has 0 unspecified atom stereocenters. The van der Waals surface area contributed by atoms with Crippen LogP contribution in [0.1, 0.15) is 18.1 Å². The van der Waals surface area contributed by atoms with E-state index in [0.29, 0.717) is 19.7 Å². The summed E-state index contributed by atoms with van der Waals surface area (Å²) in [6, 6.07) is 14.0. The van der Waals surface area contributed by atoms with Crippen LogP contribution >= 0.6 is 0 Å². The van der Waals surface area contributed by atoms with Crippen LogP contribution in [0.3, 0.4) is 0 Å². The van der Waals surface area contributed by atoms with Gasteiger partial charge in [-0.3, -0.25) is 0 Å². The number of aliphatic hydroxyl groups is 1. The molecule has 2 aromatic rings. The van der Waals surface area contributed by atoms with E-state index in [4.69, 9.17) is 4.74 Å². The van der Waals surface area contributed by atoms with Gasteiger partial charge in [0.15, 0.2) is 0 Å². The van der Waals surface area contributed by atoms with Gasteiger partial charge in [0.05, 0.1) is 6.10 Å². The van der Waals surface area contributed by atoms with Crippen molar-refractivity contribution in [2.24, 2.45) is 0 Å². The van der Waals surface area contributed by atoms with E-state index in [1.165, 1.54) is 12.1 Å². The second-order valence-corrected chi connectivity index (χ2v) is 5.00. The summed E-state index contributed by atoms with van der Waals surface area (Å²) in [5.41, 5.74) is 1.95. The quantitative estimate of drug-likeness (QED) is 0.823. The van der Waals surface area contributed by atoms with E-state index in [-0.39, 0.29) is 11.9 Å². The first kappa shape index (κ1) is 15.5. The monoisotopic (exact) mass is 289 g/mol. The van der Waals surface area contributed by atoms with Gasteiger partial charge in [-0.15, -0.1) is 0 Å². The molecule has 0 spiro atoms. The Kier molecular flexibility index (Phi) is 5.72. The van der Waals surface area contributed by atoms with Crippen LogP contribution < -0.4 is 10.1 Å². The Bertz CT molecular complexity index is 555. The molecular weight excluding hydrogens is 269 g/mol. The Morgan fingerprint density at radius 2 is 1.86 bits per heavy atom. The zero-order valence-electron chi connectivity index (χ0n) is 12.1. The molecule has 0 aromatic heterocycles. The number of halogens is 1. The maximum absolute atomic E-state index is 12.8. The van der Waals surface area contributed by atoms with Gasteiger partial charge in [-0.05, 0) is 30.7 Å². The lowest BCUT2D eigenvalue weighted by molar-refractivity contribution is 0.190. The summed E-state index contributed by atoms with van der Waals surface area (Å²) in [4.78, 5) is 0. The topological polar surface area (TPSA) is 41.5 Å². The first-order valence-corrected chi connectivity index (χ1v) is 6.99. The van der Waals surface area contributed by atoms with Crippen molar-refractivity contribution in [1.29, 1.82) is 0 Å². The summed E-state index contributed by atoms with van der Waals surface area (Å²) in [5.74, 6) is 0.543. The van der Waals surface area contributed by atoms with Gasteiger partial charge in [0.2, 0.25) is 0 Å². The highest BCUT2D eigenvalue weighted by Crippen LogP contribution is 2.19. The smallest absolute Gasteiger partial charge is 0.124 e. The molecule has 0 saturated carbocycles. The summed E-state index contributed by atoms with van der Waals surface area (Å²) in [6.45, 7) is 3.30. The van der Waals surface area contributed by atoms with Crippen molar-refractivity contribution < 1.29 is 14.2 Å². The minimum Gasteiger partial charge on any atom is -0.489 e. The molecule has 0 bridgehead atoms. The van der Waals surface area contributed by atoms with E-state index >= 15 is 0 Å². The molecule has 0 aliphatic rings. The van der Waals surface area contributed by atoms with E-state index in [1.807, 2.05) is 24.3 Å². The van der Waals surface area contributed by atoms with Crippen LogP contribution in [0.25, 0.3) is 0 Å². The standard InChI is InChI=1S/C17H20FNO2/c1-13(20)10-19-11-15-4-2-3-5-17(15)21-12-14-6-8-16(18)9-7-14/h2-9,13,19-20H,10-12H2,1H3/t13-/m1/s1. The number of rotatable bonds is 7. The number of hydrogen-bond acceptors (Lipinski definition) is 3. The molecule has 0 amide bonds. The molecule has 0 saturated heterocycles. The van der Waals surface area contributed by atoms with E-state index < -0.39 is 0 Å². The van der Waals surface area contributed by atoms with Crippen molar-refractivity contribution in [2.45, 2.75) is 26.2 Å². The first-order chi connectivity index (χ1) is 10.1. The minimum atomic E-state index is -0.378. The molecule has 112 valence electrons. The largest absolute Gasteiger partial charge is 0.489 e. The molecule has 2 aromatic carbocycles. The van der Waals surface area contributed by atoms with Crippen LogP contribution in [0.5, 0.6) is 5.75 Å². The zero-order chi connectivity index (χ0) is 15.1. The Morgan fingerprint density at radius 3 is 2.57 bits per heavy atom. The van der Waals surface area contributed by atoms with Crippen LogP contribution in [0.4, 0.5) is 4.39 Å². The summed E-state index contributed by atoms with van der Waals surface area (Å²) >= 11 is 0. The van der Waals surface area contributed by atoms with Crippen LogP contribution in [0.2, 0.25) is 0 Å². The van der Waals surface area contributed by atoms with Crippen molar-refractivity contribution in [3.05, 3.63) is 65.5 Å². The van der Waals surface area contributed by atoms with Crippen molar-refractivity contribution >= 4 is 0 Å². The molecular formula is C17H20FNO2. The predicted octanol–water partition coefficient (Wildman–Crippen LogP) is 2.88. The van der Waals surface area contributed by atoms with Gasteiger partial charge in [0, 0.05) is 18.7 Å². The average molecular weight is 289 g/mol. The van der Waals surface area contributed by atoms with Crippen molar-refractivity contribution in [2.75, 3.05) is 6.54 Å². The normalized spacial score (nSPS) is 12.1. The summed E-state index contributed by atoms with van der Waals surface area (Å²) in [6.07, 6.45) is -0.378. The maximum Gasteiger partial charge on any atom is 0.124 e. The molecule has 21 heavy (non-hydrogen) atoms. The summed E-state index contributed by atoms with van der Waals surface area (Å²) < 4.78 is 18.6. The molecule has 0 heterocycles. The van der Waals surface area contributed by atoms with Crippen LogP contribution in [-0.4, -0.2) is 17.8 Å². The fraction of sp³-hybridized carbons (Fsp3) is 0.294. The number of benzene rings is 2. The Morgan fingerprint density at radius 1 is 1.14 bits per heavy atom. The maximum atomic E-state index is 12.8. The Hall–Kier alpha value is -1.91. The second-order valence-electron chi connectivity index (χ2n) is 5.00. The molecule has 1 atom stereocenters. The van der Waals surface area contributed by atoms with E-state index in [9.17, 15) is 9.50 Å². The average Bonchev–Trinajstić information content (AvgIpc) is 2.47. The molecule has 0 aliphatic carbocycles. The third-order valence-electron chi connectivity index (χ3n) is 3.04. The molecule has 0 aliphatic heterocycles. The molecule has 0 fully saturated rings. The van der Waals surface area contributed by atoms with Gasteiger partial charge in [-0.25, -0.2) is 4.39 Å². The van der Waals surface area contributed by atoms with Gasteiger partial charge < -0.3 is 15.2 Å². The van der Waals surface area contributed by atoms with Gasteiger partial charge in [-0.1, -0.05) is 30.3 Å². The first-order valence-electron chi connectivity index (χ1n) is 6.99. The SMILES string of the molecule is C[C@@H](O)CNCc1ccccc1OCc1ccc(F)cc1. The highest BCUT2D eigenvalue weighted by Gasteiger charge is 2.04. The molecule has 2 N–H and O–H groups in total. The van der Waals surface area contributed by atoms with Crippen molar-refractivity contribution in [3.8, 4) is 5.75 Å². The lowest BCUT2D eigenvalue weighted by Crippen LogP contribution is -2.24. The highest BCUT2D eigenvalue weighted by molar-refractivity contribution is 5.33. The number of hydrogen-bond donors (Lipinski definition) is 2. The molecule has 0 radical (unpaired) electrons. The number of para-hydroxylation sites is 1. The number of nitrogens with one attached hydrogen (secondary N) is 1. The third-order valence-corrected chi connectivity index (χ3v) is 3.04. The van der Waals surface area contributed by atoms with Crippen molar-refractivity contribution in [3.63, 3.8) is 0 Å². The van der Waals surface area contributed by atoms with Gasteiger partial charge in [-0.2, -0.15) is 0 Å². The highest BCUT2D eigenvalue weighted by atomic mass is 19.1. The number of aliphatic hydroxyl groups excluding tert-OH is 1. The lowest BCUT2D eigenvalue weighted by Gasteiger charge is -2.13. The predicted molar refractivity (Wildman–Crippen MR) is 80.6 cm³/mol. The van der Waals surface area contributed by atoms with Gasteiger partial charge in [0.1, 0.15) is 18.2 Å². The molecule has 3 nitrogen and oxygen atoms in total. The van der Waals surface area contributed by atoms with Crippen LogP contribution in [0.15, 0.2) is 48.5 Å². The van der Waals surface area contributed by atoms with E-state index in [2.05, 4.69) is 5.32 Å². The van der Waals surface area contributed by atoms with Crippen LogP contribution in [0, 0.1) is 5.82 Å². The lowest BCUT2D eigenvalue weighted by atomic mass is 10.2. The Labute approximate surface area is 124 Å². The second kappa shape index (κ2) is 7.76. The fourth-order valence-corrected chi connectivity index (χ4v) is 1.95. The van der Waals surface area contributed by atoms with E-state index in [0.717, 1.165) is 16.9 Å². The zero-order valence-corrected chi connectivity index (χ0v) is 12.1. The fourth-order valence-electron chi connectivity index (χ4n) is 1.95. The third kappa shape index (κ3) is 5.17. The van der Waals surface area contributed by atoms with Crippen molar-refractivity contribution in [1.82, 2.24) is 5.32 Å². The molecule has 4 heteroatoms. The van der Waals surface area contributed by atoms with E-state index in [1.54, 1.807) is 19.1 Å². The summed E-state index contributed by atoms with van der Waals surface area (Å²) in [5, 5.41) is 12.4.